The summed E-state index contributed by atoms with van der Waals surface area (Å²) in [6, 6.07) is 9.98. The predicted molar refractivity (Wildman–Crippen MR) is 94.1 cm³/mol. The second-order valence-electron chi connectivity index (χ2n) is 6.06. The number of ether oxygens (including phenoxy) is 3. The van der Waals surface area contributed by atoms with Crippen molar-refractivity contribution in [2.45, 2.75) is 32.8 Å². The number of aliphatic hydroxyl groups excluding tert-OH is 2. The van der Waals surface area contributed by atoms with Crippen molar-refractivity contribution < 1.29 is 29.2 Å². The maximum absolute atomic E-state index is 11.3. The van der Waals surface area contributed by atoms with E-state index in [1.807, 2.05) is 30.3 Å². The Bertz CT molecular complexity index is 472. The van der Waals surface area contributed by atoms with Gasteiger partial charge in [-0.2, -0.15) is 0 Å². The van der Waals surface area contributed by atoms with Crippen LogP contribution in [0.25, 0.3) is 0 Å². The minimum absolute atomic E-state index is 0.00995. The van der Waals surface area contributed by atoms with E-state index in [1.165, 1.54) is 0 Å². The van der Waals surface area contributed by atoms with Gasteiger partial charge >= 0.3 is 5.97 Å². The summed E-state index contributed by atoms with van der Waals surface area (Å²) in [7, 11) is 0. The van der Waals surface area contributed by atoms with Crippen molar-refractivity contribution >= 4 is 5.97 Å². The lowest BCUT2D eigenvalue weighted by Crippen LogP contribution is -2.40. The molecule has 0 aromatic heterocycles. The highest BCUT2D eigenvalue weighted by Crippen LogP contribution is 2.21. The van der Waals surface area contributed by atoms with Crippen LogP contribution in [0.1, 0.15) is 38.4 Å². The quantitative estimate of drug-likeness (QED) is 0.417. The molecule has 6 nitrogen and oxygen atoms in total. The Morgan fingerprint density at radius 2 is 1.76 bits per heavy atom. The number of esters is 1. The van der Waals surface area contributed by atoms with E-state index in [0.29, 0.717) is 13.2 Å². The van der Waals surface area contributed by atoms with Gasteiger partial charge in [-0.3, -0.25) is 4.79 Å². The zero-order chi connectivity index (χ0) is 18.5. The maximum Gasteiger partial charge on any atom is 0.305 e. The van der Waals surface area contributed by atoms with Crippen molar-refractivity contribution in [1.82, 2.24) is 0 Å². The van der Waals surface area contributed by atoms with Crippen LogP contribution in [0.2, 0.25) is 0 Å². The number of carbonyl (C=O) groups excluding carboxylic acids is 1. The van der Waals surface area contributed by atoms with Crippen molar-refractivity contribution in [3.63, 3.8) is 0 Å². The molecule has 1 aromatic carbocycles. The number of benzene rings is 1. The molecule has 1 rings (SSSR count). The highest BCUT2D eigenvalue weighted by molar-refractivity contribution is 5.68. The van der Waals surface area contributed by atoms with Gasteiger partial charge in [0, 0.05) is 6.42 Å². The average molecular weight is 354 g/mol. The van der Waals surface area contributed by atoms with Gasteiger partial charge in [0.1, 0.15) is 6.61 Å². The normalized spacial score (nSPS) is 12.8. The van der Waals surface area contributed by atoms with Crippen LogP contribution in [0.5, 0.6) is 0 Å². The minimum atomic E-state index is -0.992. The Morgan fingerprint density at radius 3 is 2.32 bits per heavy atom. The summed E-state index contributed by atoms with van der Waals surface area (Å²) in [6.45, 7) is 3.82. The number of hydrogen-bond acceptors (Lipinski definition) is 6. The first-order chi connectivity index (χ1) is 12.1. The first-order valence-corrected chi connectivity index (χ1v) is 8.72. The Hall–Kier alpha value is -1.47. The Morgan fingerprint density at radius 1 is 1.08 bits per heavy atom. The topological polar surface area (TPSA) is 85.2 Å². The molecular weight excluding hydrogens is 324 g/mol. The molecule has 0 fully saturated rings. The second kappa shape index (κ2) is 12.0. The van der Waals surface area contributed by atoms with Crippen molar-refractivity contribution in [1.29, 1.82) is 0 Å². The van der Waals surface area contributed by atoms with Crippen LogP contribution in [0, 0.1) is 5.41 Å². The molecule has 0 bridgehead atoms. The molecule has 6 heteroatoms. The summed E-state index contributed by atoms with van der Waals surface area (Å²) < 4.78 is 16.4. The highest BCUT2D eigenvalue weighted by atomic mass is 16.5. The van der Waals surface area contributed by atoms with E-state index in [-0.39, 0.29) is 44.9 Å². The van der Waals surface area contributed by atoms with Crippen LogP contribution in [-0.4, -0.2) is 55.8 Å². The molecule has 1 aromatic rings. The Kier molecular flexibility index (Phi) is 10.3. The smallest absolute Gasteiger partial charge is 0.305 e. The summed E-state index contributed by atoms with van der Waals surface area (Å²) in [5.41, 5.74) is 0.130. The van der Waals surface area contributed by atoms with Crippen molar-refractivity contribution in [3.8, 4) is 0 Å². The number of aliphatic hydroxyl groups is 2. The molecule has 2 N–H and O–H groups in total. The summed E-state index contributed by atoms with van der Waals surface area (Å²) >= 11 is 0. The van der Waals surface area contributed by atoms with Gasteiger partial charge in [-0.05, 0) is 12.0 Å². The Labute approximate surface area is 149 Å². The van der Waals surface area contributed by atoms with E-state index < -0.39 is 5.41 Å². The number of carbonyl (C=O) groups is 1. The average Bonchev–Trinajstić information content (AvgIpc) is 2.67. The van der Waals surface area contributed by atoms with Gasteiger partial charge in [-0.1, -0.05) is 44.2 Å². The van der Waals surface area contributed by atoms with Gasteiger partial charge in [0.05, 0.1) is 44.6 Å². The largest absolute Gasteiger partial charge is 0.465 e. The van der Waals surface area contributed by atoms with E-state index in [1.54, 1.807) is 6.92 Å². The van der Waals surface area contributed by atoms with Gasteiger partial charge in [-0.15, -0.1) is 0 Å². The Balaban J connectivity index is 2.37. The lowest BCUT2D eigenvalue weighted by atomic mass is 9.92. The van der Waals surface area contributed by atoms with Gasteiger partial charge in [-0.25, -0.2) is 0 Å². The molecule has 142 valence electrons. The van der Waals surface area contributed by atoms with E-state index >= 15 is 0 Å². The van der Waals surface area contributed by atoms with Crippen LogP contribution in [0.4, 0.5) is 0 Å². The van der Waals surface area contributed by atoms with E-state index in [2.05, 4.69) is 6.92 Å². The first kappa shape index (κ1) is 21.6. The molecule has 0 saturated carbocycles. The van der Waals surface area contributed by atoms with E-state index in [4.69, 9.17) is 14.2 Å². The standard InChI is InChI=1S/C19H30O6/c1-3-17(16-8-6-5-7-9-16)24-11-10-23-14-19(12-20,13-21)15-25-18(22)4-2/h5-9,17,20-21H,3-4,10-15H2,1-2H3. The zero-order valence-corrected chi connectivity index (χ0v) is 15.1. The van der Waals surface area contributed by atoms with Crippen LogP contribution in [0.3, 0.4) is 0 Å². The summed E-state index contributed by atoms with van der Waals surface area (Å²) in [4.78, 5) is 11.3. The molecule has 1 unspecified atom stereocenters. The molecule has 0 radical (unpaired) electrons. The van der Waals surface area contributed by atoms with Gasteiger partial charge in [0.2, 0.25) is 0 Å². The molecule has 0 spiro atoms. The molecule has 0 aliphatic heterocycles. The minimum Gasteiger partial charge on any atom is -0.465 e. The van der Waals surface area contributed by atoms with Crippen LogP contribution in [-0.2, 0) is 19.0 Å². The van der Waals surface area contributed by atoms with Gasteiger partial charge < -0.3 is 24.4 Å². The monoisotopic (exact) mass is 354 g/mol. The number of rotatable bonds is 13. The fourth-order valence-corrected chi connectivity index (χ4v) is 2.27. The summed E-state index contributed by atoms with van der Waals surface area (Å²) in [5.74, 6) is -0.372. The van der Waals surface area contributed by atoms with Crippen molar-refractivity contribution in [2.24, 2.45) is 5.41 Å². The lowest BCUT2D eigenvalue weighted by Gasteiger charge is -2.29. The van der Waals surface area contributed by atoms with Crippen LogP contribution in [0.15, 0.2) is 30.3 Å². The maximum atomic E-state index is 11.3. The van der Waals surface area contributed by atoms with Gasteiger partial charge in [0.15, 0.2) is 0 Å². The third-order valence-corrected chi connectivity index (χ3v) is 4.00. The molecule has 0 amide bonds. The highest BCUT2D eigenvalue weighted by Gasteiger charge is 2.31. The lowest BCUT2D eigenvalue weighted by molar-refractivity contribution is -0.152. The van der Waals surface area contributed by atoms with Crippen molar-refractivity contribution in [2.75, 3.05) is 39.6 Å². The SMILES string of the molecule is CCC(=O)OCC(CO)(CO)COCCOC(CC)c1ccccc1. The molecule has 25 heavy (non-hydrogen) atoms. The molecule has 0 aliphatic rings. The fourth-order valence-electron chi connectivity index (χ4n) is 2.27. The summed E-state index contributed by atoms with van der Waals surface area (Å²) in [5, 5.41) is 19.1. The zero-order valence-electron chi connectivity index (χ0n) is 15.1. The molecule has 1 atom stereocenters. The first-order valence-electron chi connectivity index (χ1n) is 8.72. The fraction of sp³-hybridized carbons (Fsp3) is 0.632. The van der Waals surface area contributed by atoms with E-state index in [0.717, 1.165) is 12.0 Å². The third kappa shape index (κ3) is 7.52. The molecule has 0 aliphatic carbocycles. The van der Waals surface area contributed by atoms with Gasteiger partial charge in [0.25, 0.3) is 0 Å². The number of hydrogen-bond donors (Lipinski definition) is 2. The van der Waals surface area contributed by atoms with Crippen LogP contribution < -0.4 is 0 Å². The molecule has 0 heterocycles. The summed E-state index contributed by atoms with van der Waals surface area (Å²) in [6.07, 6.45) is 1.11. The van der Waals surface area contributed by atoms with E-state index in [9.17, 15) is 15.0 Å². The molecule has 0 saturated heterocycles. The van der Waals surface area contributed by atoms with Crippen LogP contribution >= 0.6 is 0 Å². The van der Waals surface area contributed by atoms with Crippen molar-refractivity contribution in [3.05, 3.63) is 35.9 Å². The third-order valence-electron chi connectivity index (χ3n) is 4.00. The molecular formula is C19H30O6. The predicted octanol–water partition coefficient (Wildman–Crippen LogP) is 2.10. The second-order valence-corrected chi connectivity index (χ2v) is 6.06.